The molecule has 1 aromatic heterocycles. The van der Waals surface area contributed by atoms with E-state index in [0.29, 0.717) is 30.1 Å². The second kappa shape index (κ2) is 7.97. The van der Waals surface area contributed by atoms with E-state index in [-0.39, 0.29) is 17.5 Å². The van der Waals surface area contributed by atoms with Crippen molar-refractivity contribution in [3.8, 4) is 5.75 Å². The Morgan fingerprint density at radius 3 is 2.58 bits per heavy atom. The smallest absolute Gasteiger partial charge is 0.274 e. The summed E-state index contributed by atoms with van der Waals surface area (Å²) in [6.45, 7) is 3.05. The van der Waals surface area contributed by atoms with Crippen LogP contribution in [-0.4, -0.2) is 66.9 Å². The molecule has 0 unspecified atom stereocenters. The maximum atomic E-state index is 12.7. The summed E-state index contributed by atoms with van der Waals surface area (Å²) in [5.74, 6) is 0.0971. The third-order valence-corrected chi connectivity index (χ3v) is 4.39. The highest BCUT2D eigenvalue weighted by atomic mass is 16.5. The number of nitrogens with zero attached hydrogens (tertiary/aromatic N) is 3. The number of likely N-dealkylation sites (N-methyl/N-ethyl adjacent to an activating group) is 1. The number of rotatable bonds is 4. The fraction of sp³-hybridized carbons (Fsp3) is 0.316. The summed E-state index contributed by atoms with van der Waals surface area (Å²) in [5, 5.41) is 2.77. The number of hydrogen-bond donors (Lipinski definition) is 1. The number of piperazine rings is 1. The number of aromatic nitrogens is 1. The van der Waals surface area contributed by atoms with Gasteiger partial charge in [-0.25, -0.2) is 0 Å². The number of anilines is 1. The normalized spacial score (nSPS) is 14.8. The van der Waals surface area contributed by atoms with E-state index in [4.69, 9.17) is 4.74 Å². The van der Waals surface area contributed by atoms with Gasteiger partial charge in [-0.1, -0.05) is 12.1 Å². The second-order valence-corrected chi connectivity index (χ2v) is 6.18. The van der Waals surface area contributed by atoms with Gasteiger partial charge in [0.2, 0.25) is 0 Å². The molecule has 3 rings (SSSR count). The van der Waals surface area contributed by atoms with E-state index in [2.05, 4.69) is 15.2 Å². The SMILES string of the molecule is COc1ccccc1NC(=O)c1cc(C(=O)N2CCN(C)CC2)ccn1. The largest absolute Gasteiger partial charge is 0.495 e. The van der Waals surface area contributed by atoms with Gasteiger partial charge in [-0.05, 0) is 31.3 Å². The molecule has 26 heavy (non-hydrogen) atoms. The van der Waals surface area contributed by atoms with Gasteiger partial charge in [0.1, 0.15) is 11.4 Å². The molecule has 2 heterocycles. The third kappa shape index (κ3) is 4.00. The van der Waals surface area contributed by atoms with E-state index in [1.807, 2.05) is 13.1 Å². The Morgan fingerprint density at radius 2 is 1.85 bits per heavy atom. The van der Waals surface area contributed by atoms with Crippen LogP contribution in [0.5, 0.6) is 5.75 Å². The summed E-state index contributed by atoms with van der Waals surface area (Å²) in [6.07, 6.45) is 1.49. The fourth-order valence-corrected chi connectivity index (χ4v) is 2.81. The van der Waals surface area contributed by atoms with E-state index in [9.17, 15) is 9.59 Å². The predicted molar refractivity (Wildman–Crippen MR) is 98.6 cm³/mol. The van der Waals surface area contributed by atoms with E-state index in [0.717, 1.165) is 13.1 Å². The van der Waals surface area contributed by atoms with Gasteiger partial charge in [0, 0.05) is 37.9 Å². The van der Waals surface area contributed by atoms with E-state index in [1.165, 1.54) is 12.3 Å². The zero-order valence-electron chi connectivity index (χ0n) is 14.9. The first-order chi connectivity index (χ1) is 12.6. The number of hydrogen-bond acceptors (Lipinski definition) is 5. The Labute approximate surface area is 152 Å². The number of ether oxygens (including phenoxy) is 1. The second-order valence-electron chi connectivity index (χ2n) is 6.18. The van der Waals surface area contributed by atoms with E-state index < -0.39 is 0 Å². The molecule has 1 saturated heterocycles. The molecule has 1 N–H and O–H groups in total. The van der Waals surface area contributed by atoms with Gasteiger partial charge < -0.3 is 19.9 Å². The molecule has 1 aliphatic heterocycles. The molecule has 136 valence electrons. The minimum Gasteiger partial charge on any atom is -0.495 e. The topological polar surface area (TPSA) is 74.8 Å². The van der Waals surface area contributed by atoms with Gasteiger partial charge in [-0.3, -0.25) is 14.6 Å². The zero-order valence-corrected chi connectivity index (χ0v) is 14.9. The lowest BCUT2D eigenvalue weighted by Crippen LogP contribution is -2.47. The Balaban J connectivity index is 1.74. The van der Waals surface area contributed by atoms with E-state index >= 15 is 0 Å². The molecule has 1 aliphatic rings. The first kappa shape index (κ1) is 17.9. The molecule has 0 atom stereocenters. The molecule has 2 aromatic rings. The molecule has 0 spiro atoms. The summed E-state index contributed by atoms with van der Waals surface area (Å²) in [5.41, 5.74) is 1.21. The number of nitrogens with one attached hydrogen (secondary N) is 1. The van der Waals surface area contributed by atoms with Crippen molar-refractivity contribution in [3.63, 3.8) is 0 Å². The minimum absolute atomic E-state index is 0.0770. The number of carbonyl (C=O) groups excluding carboxylic acids is 2. The van der Waals surface area contributed by atoms with Crippen LogP contribution in [0.3, 0.4) is 0 Å². The van der Waals surface area contributed by atoms with Crippen molar-refractivity contribution in [1.29, 1.82) is 0 Å². The Bertz CT molecular complexity index is 801. The van der Waals surface area contributed by atoms with Gasteiger partial charge in [0.25, 0.3) is 11.8 Å². The van der Waals surface area contributed by atoms with Gasteiger partial charge >= 0.3 is 0 Å². The Kier molecular flexibility index (Phi) is 5.48. The lowest BCUT2D eigenvalue weighted by atomic mass is 10.1. The van der Waals surface area contributed by atoms with E-state index in [1.54, 1.807) is 36.3 Å². The highest BCUT2D eigenvalue weighted by molar-refractivity contribution is 6.05. The summed E-state index contributed by atoms with van der Waals surface area (Å²) in [4.78, 5) is 33.3. The van der Waals surface area contributed by atoms with Gasteiger partial charge in [-0.15, -0.1) is 0 Å². The lowest BCUT2D eigenvalue weighted by molar-refractivity contribution is 0.0664. The third-order valence-electron chi connectivity index (χ3n) is 4.39. The highest BCUT2D eigenvalue weighted by Crippen LogP contribution is 2.23. The van der Waals surface area contributed by atoms with Crippen LogP contribution in [0.2, 0.25) is 0 Å². The molecule has 1 aromatic carbocycles. The van der Waals surface area contributed by atoms with Crippen molar-refractivity contribution in [1.82, 2.24) is 14.8 Å². The van der Waals surface area contributed by atoms with Crippen LogP contribution in [0.1, 0.15) is 20.8 Å². The van der Waals surface area contributed by atoms with Gasteiger partial charge in [0.05, 0.1) is 12.8 Å². The average molecular weight is 354 g/mol. The number of benzene rings is 1. The number of pyridine rings is 1. The van der Waals surface area contributed by atoms with Crippen LogP contribution >= 0.6 is 0 Å². The molecule has 7 heteroatoms. The van der Waals surface area contributed by atoms with Gasteiger partial charge in [0.15, 0.2) is 0 Å². The van der Waals surface area contributed by atoms with Gasteiger partial charge in [-0.2, -0.15) is 0 Å². The monoisotopic (exact) mass is 354 g/mol. The maximum absolute atomic E-state index is 12.7. The molecule has 0 saturated carbocycles. The quantitative estimate of drug-likeness (QED) is 0.905. The summed E-state index contributed by atoms with van der Waals surface area (Å²) < 4.78 is 5.23. The number of carbonyl (C=O) groups is 2. The van der Waals surface area contributed by atoms with Crippen molar-refractivity contribution in [3.05, 3.63) is 53.9 Å². The highest BCUT2D eigenvalue weighted by Gasteiger charge is 2.21. The molecule has 1 fully saturated rings. The Hall–Kier alpha value is -2.93. The number of methoxy groups -OCH3 is 1. The van der Waals surface area contributed by atoms with Crippen LogP contribution in [-0.2, 0) is 0 Å². The molecular formula is C19H22N4O3. The molecule has 7 nitrogen and oxygen atoms in total. The van der Waals surface area contributed by atoms with Crippen molar-refractivity contribution in [2.24, 2.45) is 0 Å². The summed E-state index contributed by atoms with van der Waals surface area (Å²) in [6, 6.07) is 10.3. The lowest BCUT2D eigenvalue weighted by Gasteiger charge is -2.32. The summed E-state index contributed by atoms with van der Waals surface area (Å²) >= 11 is 0. The molecule has 0 radical (unpaired) electrons. The number of amides is 2. The minimum atomic E-state index is -0.387. The van der Waals surface area contributed by atoms with Crippen LogP contribution in [0.15, 0.2) is 42.6 Å². The Morgan fingerprint density at radius 1 is 1.12 bits per heavy atom. The van der Waals surface area contributed by atoms with Crippen LogP contribution in [0, 0.1) is 0 Å². The molecule has 2 amide bonds. The molecular weight excluding hydrogens is 332 g/mol. The molecule has 0 aliphatic carbocycles. The summed E-state index contributed by atoms with van der Waals surface area (Å²) in [7, 11) is 3.58. The van der Waals surface area contributed by atoms with Crippen molar-refractivity contribution in [2.75, 3.05) is 45.7 Å². The van der Waals surface area contributed by atoms with Crippen molar-refractivity contribution in [2.45, 2.75) is 0 Å². The maximum Gasteiger partial charge on any atom is 0.274 e. The average Bonchev–Trinajstić information content (AvgIpc) is 2.68. The van der Waals surface area contributed by atoms with Crippen molar-refractivity contribution < 1.29 is 14.3 Å². The first-order valence-corrected chi connectivity index (χ1v) is 8.46. The van der Waals surface area contributed by atoms with Crippen LogP contribution < -0.4 is 10.1 Å². The standard InChI is InChI=1S/C19H22N4O3/c1-22-9-11-23(12-10-22)19(25)14-7-8-20-16(13-14)18(24)21-15-5-3-4-6-17(15)26-2/h3-8,13H,9-12H2,1-2H3,(H,21,24). The predicted octanol–water partition coefficient (Wildman–Crippen LogP) is 1.73. The van der Waals surface area contributed by atoms with Crippen molar-refractivity contribution >= 4 is 17.5 Å². The zero-order chi connectivity index (χ0) is 18.5. The first-order valence-electron chi connectivity index (χ1n) is 8.46. The number of para-hydroxylation sites is 2. The molecule has 0 bridgehead atoms. The fourth-order valence-electron chi connectivity index (χ4n) is 2.81. The van der Waals surface area contributed by atoms with Crippen LogP contribution in [0.4, 0.5) is 5.69 Å². The van der Waals surface area contributed by atoms with Crippen LogP contribution in [0.25, 0.3) is 0 Å².